The summed E-state index contributed by atoms with van der Waals surface area (Å²) in [5, 5.41) is 15.9. The van der Waals surface area contributed by atoms with Crippen LogP contribution >= 0.6 is 0 Å². The Morgan fingerprint density at radius 3 is 2.32 bits per heavy atom. The lowest BCUT2D eigenvalue weighted by Crippen LogP contribution is -2.58. The first-order valence-electron chi connectivity index (χ1n) is 13.4. The van der Waals surface area contributed by atoms with E-state index >= 15 is 0 Å². The van der Waals surface area contributed by atoms with Gasteiger partial charge < -0.3 is 9.84 Å². The topological polar surface area (TPSA) is 95.9 Å². The van der Waals surface area contributed by atoms with E-state index in [0.717, 1.165) is 54.0 Å². The number of aliphatic carboxylic acids is 1. The van der Waals surface area contributed by atoms with Crippen LogP contribution in [0.3, 0.4) is 0 Å². The molecule has 0 radical (unpaired) electrons. The highest BCUT2D eigenvalue weighted by atomic mass is 16.5. The molecule has 4 atom stereocenters. The molecule has 6 rings (SSSR count). The van der Waals surface area contributed by atoms with E-state index in [-0.39, 0.29) is 24.3 Å². The normalized spacial score (nSPS) is 27.6. The number of carboxylic acids is 1. The number of carboxylic acid groups (broad SMARTS) is 1. The standard InChI is InChI=1S/C31H32N2O5/c1-38-24-17-16-23(21-14-8-9-15-22(21)24)27-25-26(29(35)33(28(25)34)20-12-6-3-7-13-20)31(32-27,30(36)37)18-19-10-4-2-5-11-19/h2,4-5,8-11,14-17,20,25-27,32H,3,6-7,12-13,18H2,1H3,(H,36,37). The van der Waals surface area contributed by atoms with Crippen LogP contribution in [-0.2, 0) is 20.8 Å². The van der Waals surface area contributed by atoms with Crippen LogP contribution in [0, 0.1) is 11.8 Å². The van der Waals surface area contributed by atoms with E-state index in [1.54, 1.807) is 7.11 Å². The highest BCUT2D eigenvalue weighted by molar-refractivity contribution is 6.10. The Bertz CT molecular complexity index is 1400. The number of ether oxygens (including phenoxy) is 1. The Morgan fingerprint density at radius 2 is 1.63 bits per heavy atom. The molecule has 3 fully saturated rings. The average Bonchev–Trinajstić information content (AvgIpc) is 3.42. The van der Waals surface area contributed by atoms with Crippen LogP contribution < -0.4 is 10.1 Å². The quantitative estimate of drug-likeness (QED) is 0.473. The van der Waals surface area contributed by atoms with Crippen molar-refractivity contribution in [1.82, 2.24) is 10.2 Å². The lowest BCUT2D eigenvalue weighted by Gasteiger charge is -2.34. The molecule has 0 spiro atoms. The summed E-state index contributed by atoms with van der Waals surface area (Å²) in [5.41, 5.74) is -0.00886. The maximum absolute atomic E-state index is 14.1. The number of amides is 2. The zero-order valence-corrected chi connectivity index (χ0v) is 21.4. The number of nitrogens with one attached hydrogen (secondary N) is 1. The van der Waals surface area contributed by atoms with Gasteiger partial charge in [-0.05, 0) is 35.4 Å². The second-order valence-electron chi connectivity index (χ2n) is 10.8. The van der Waals surface area contributed by atoms with E-state index < -0.39 is 29.4 Å². The molecule has 1 saturated carbocycles. The van der Waals surface area contributed by atoms with Gasteiger partial charge in [0, 0.05) is 23.9 Å². The van der Waals surface area contributed by atoms with Crippen molar-refractivity contribution in [2.24, 2.45) is 11.8 Å². The zero-order chi connectivity index (χ0) is 26.4. The number of nitrogens with zero attached hydrogens (tertiary/aromatic N) is 1. The summed E-state index contributed by atoms with van der Waals surface area (Å²) >= 11 is 0. The van der Waals surface area contributed by atoms with Crippen molar-refractivity contribution in [3.8, 4) is 5.75 Å². The third-order valence-corrected chi connectivity index (χ3v) is 8.81. The molecule has 0 bridgehead atoms. The van der Waals surface area contributed by atoms with Crippen LogP contribution in [0.4, 0.5) is 0 Å². The van der Waals surface area contributed by atoms with Crippen LogP contribution in [0.5, 0.6) is 5.75 Å². The molecule has 2 saturated heterocycles. The molecule has 4 unspecified atom stereocenters. The van der Waals surface area contributed by atoms with Crippen LogP contribution in [0.15, 0.2) is 66.7 Å². The Balaban J connectivity index is 1.52. The molecule has 1 aliphatic carbocycles. The Labute approximate surface area is 221 Å². The van der Waals surface area contributed by atoms with Crippen LogP contribution in [-0.4, -0.2) is 46.5 Å². The van der Waals surface area contributed by atoms with E-state index in [1.165, 1.54) is 4.90 Å². The van der Waals surface area contributed by atoms with Crippen molar-refractivity contribution in [2.45, 2.75) is 56.1 Å². The van der Waals surface area contributed by atoms with Crippen LogP contribution in [0.1, 0.15) is 49.3 Å². The molecule has 196 valence electrons. The predicted molar refractivity (Wildman–Crippen MR) is 143 cm³/mol. The summed E-state index contributed by atoms with van der Waals surface area (Å²) in [6.45, 7) is 0. The van der Waals surface area contributed by atoms with Gasteiger partial charge in [-0.15, -0.1) is 0 Å². The largest absolute Gasteiger partial charge is 0.496 e. The van der Waals surface area contributed by atoms with Gasteiger partial charge in [-0.25, -0.2) is 0 Å². The third-order valence-electron chi connectivity index (χ3n) is 8.81. The number of carbonyl (C=O) groups is 3. The number of fused-ring (bicyclic) bond motifs is 2. The number of likely N-dealkylation sites (tertiary alicyclic amines) is 1. The van der Waals surface area contributed by atoms with Crippen LogP contribution in [0.2, 0.25) is 0 Å². The van der Waals surface area contributed by atoms with Gasteiger partial charge in [0.25, 0.3) is 0 Å². The molecule has 2 heterocycles. The number of benzene rings is 3. The summed E-state index contributed by atoms with van der Waals surface area (Å²) in [6.07, 6.45) is 4.69. The molecule has 0 aromatic heterocycles. The van der Waals surface area contributed by atoms with Crippen molar-refractivity contribution in [2.75, 3.05) is 7.11 Å². The van der Waals surface area contributed by atoms with Crippen LogP contribution in [0.25, 0.3) is 10.8 Å². The third kappa shape index (κ3) is 3.71. The number of methoxy groups -OCH3 is 1. The van der Waals surface area contributed by atoms with E-state index in [9.17, 15) is 19.5 Å². The van der Waals surface area contributed by atoms with Crippen molar-refractivity contribution in [3.05, 3.63) is 77.9 Å². The van der Waals surface area contributed by atoms with Gasteiger partial charge in [-0.3, -0.25) is 24.6 Å². The number of imide groups is 1. The molecule has 2 amide bonds. The SMILES string of the molecule is COc1ccc(C2NC(Cc3ccccc3)(C(=O)O)C3C(=O)N(C4CCCCC4)C(=O)C23)c2ccccc12. The molecule has 7 heteroatoms. The summed E-state index contributed by atoms with van der Waals surface area (Å²) in [4.78, 5) is 42.9. The summed E-state index contributed by atoms with van der Waals surface area (Å²) in [6, 6.07) is 20.1. The minimum atomic E-state index is -1.62. The van der Waals surface area contributed by atoms with Gasteiger partial charge in [0.2, 0.25) is 11.8 Å². The monoisotopic (exact) mass is 512 g/mol. The smallest absolute Gasteiger partial charge is 0.325 e. The second-order valence-corrected chi connectivity index (χ2v) is 10.8. The second kappa shape index (κ2) is 9.55. The van der Waals surface area contributed by atoms with Gasteiger partial charge in [0.15, 0.2) is 0 Å². The molecule has 38 heavy (non-hydrogen) atoms. The first kappa shape index (κ1) is 24.6. The van der Waals surface area contributed by atoms with E-state index in [4.69, 9.17) is 4.74 Å². The number of hydrogen-bond donors (Lipinski definition) is 2. The molecule has 2 N–H and O–H groups in total. The fourth-order valence-corrected chi connectivity index (χ4v) is 7.09. The Morgan fingerprint density at radius 1 is 0.947 bits per heavy atom. The summed E-state index contributed by atoms with van der Waals surface area (Å²) < 4.78 is 5.58. The maximum atomic E-state index is 14.1. The van der Waals surface area contributed by atoms with Gasteiger partial charge >= 0.3 is 5.97 Å². The Kier molecular flexibility index (Phi) is 6.19. The molecule has 3 aromatic carbocycles. The van der Waals surface area contributed by atoms with Gasteiger partial charge in [0.1, 0.15) is 11.3 Å². The number of carbonyl (C=O) groups excluding carboxylic acids is 2. The maximum Gasteiger partial charge on any atom is 0.325 e. The molecule has 3 aromatic rings. The number of rotatable bonds is 6. The predicted octanol–water partition coefficient (Wildman–Crippen LogP) is 4.49. The first-order valence-corrected chi connectivity index (χ1v) is 13.4. The minimum Gasteiger partial charge on any atom is -0.496 e. The van der Waals surface area contributed by atoms with Gasteiger partial charge in [-0.1, -0.05) is 79.9 Å². The van der Waals surface area contributed by atoms with Gasteiger partial charge in [-0.2, -0.15) is 0 Å². The summed E-state index contributed by atoms with van der Waals surface area (Å²) in [5.74, 6) is -2.81. The molecular formula is C31H32N2O5. The molecule has 7 nitrogen and oxygen atoms in total. The highest BCUT2D eigenvalue weighted by Crippen LogP contribution is 2.52. The van der Waals surface area contributed by atoms with Crippen molar-refractivity contribution < 1.29 is 24.2 Å². The molecule has 3 aliphatic rings. The first-order chi connectivity index (χ1) is 18.5. The van der Waals surface area contributed by atoms with Crippen molar-refractivity contribution >= 4 is 28.6 Å². The fraction of sp³-hybridized carbons (Fsp3) is 0.387. The van der Waals surface area contributed by atoms with E-state index in [0.29, 0.717) is 5.75 Å². The summed E-state index contributed by atoms with van der Waals surface area (Å²) in [7, 11) is 1.61. The Hall–Kier alpha value is -3.71. The minimum absolute atomic E-state index is 0.104. The van der Waals surface area contributed by atoms with E-state index in [1.807, 2.05) is 66.7 Å². The lowest BCUT2D eigenvalue weighted by atomic mass is 9.76. The zero-order valence-electron chi connectivity index (χ0n) is 21.4. The van der Waals surface area contributed by atoms with Crippen molar-refractivity contribution in [3.63, 3.8) is 0 Å². The lowest BCUT2D eigenvalue weighted by molar-refractivity contribution is -0.152. The van der Waals surface area contributed by atoms with E-state index in [2.05, 4.69) is 5.32 Å². The van der Waals surface area contributed by atoms with Crippen molar-refractivity contribution in [1.29, 1.82) is 0 Å². The van der Waals surface area contributed by atoms with Gasteiger partial charge in [0.05, 0.1) is 18.9 Å². The highest BCUT2D eigenvalue weighted by Gasteiger charge is 2.69. The number of hydrogen-bond acceptors (Lipinski definition) is 5. The fourth-order valence-electron chi connectivity index (χ4n) is 7.09. The molecular weight excluding hydrogens is 480 g/mol. The molecule has 2 aliphatic heterocycles. The average molecular weight is 513 g/mol.